The van der Waals surface area contributed by atoms with Crippen LogP contribution in [-0.2, 0) is 4.79 Å². The molecular formula is C10H13N3O2. The van der Waals surface area contributed by atoms with E-state index in [-0.39, 0.29) is 11.9 Å². The Labute approximate surface area is 87.6 Å². The molecule has 2 rings (SSSR count). The fourth-order valence-electron chi connectivity index (χ4n) is 1.51. The molecule has 1 saturated heterocycles. The van der Waals surface area contributed by atoms with E-state index in [1.165, 1.54) is 0 Å². The Balaban J connectivity index is 1.88. The van der Waals surface area contributed by atoms with Crippen LogP contribution < -0.4 is 15.8 Å². The van der Waals surface area contributed by atoms with Gasteiger partial charge in [0.05, 0.1) is 11.7 Å². The number of nitrogens with two attached hydrogens (primary N) is 1. The molecule has 2 heterocycles. The minimum Gasteiger partial charge on any atom is -0.474 e. The molecule has 0 spiro atoms. The first-order valence-corrected chi connectivity index (χ1v) is 4.88. The lowest BCUT2D eigenvalue weighted by Crippen LogP contribution is -2.31. The normalized spacial score (nSPS) is 20.0. The Morgan fingerprint density at radius 2 is 2.53 bits per heavy atom. The third kappa shape index (κ3) is 2.37. The molecule has 1 fully saturated rings. The van der Waals surface area contributed by atoms with Crippen LogP contribution in [0.4, 0.5) is 5.69 Å². The van der Waals surface area contributed by atoms with Gasteiger partial charge in [-0.1, -0.05) is 0 Å². The van der Waals surface area contributed by atoms with E-state index >= 15 is 0 Å². The largest absolute Gasteiger partial charge is 0.474 e. The second kappa shape index (κ2) is 4.16. The molecule has 80 valence electrons. The second-order valence-corrected chi connectivity index (χ2v) is 3.51. The van der Waals surface area contributed by atoms with E-state index in [9.17, 15) is 4.79 Å². The zero-order chi connectivity index (χ0) is 10.7. The Kier molecular flexibility index (Phi) is 2.71. The van der Waals surface area contributed by atoms with E-state index in [1.807, 2.05) is 0 Å². The van der Waals surface area contributed by atoms with E-state index in [0.717, 1.165) is 6.42 Å². The van der Waals surface area contributed by atoms with Crippen molar-refractivity contribution < 1.29 is 9.53 Å². The molecule has 5 heteroatoms. The van der Waals surface area contributed by atoms with Crippen LogP contribution in [0.3, 0.4) is 0 Å². The zero-order valence-corrected chi connectivity index (χ0v) is 8.27. The number of carbonyl (C=O) groups excluding carboxylic acids is 1. The van der Waals surface area contributed by atoms with E-state index in [2.05, 4.69) is 10.3 Å². The van der Waals surface area contributed by atoms with Crippen molar-refractivity contribution >= 4 is 11.6 Å². The SMILES string of the molecule is Nc1cccnc1OCC1CCC(=O)N1. The summed E-state index contributed by atoms with van der Waals surface area (Å²) in [5, 5.41) is 2.81. The average Bonchev–Trinajstić information content (AvgIpc) is 2.63. The number of nitrogens with zero attached hydrogens (tertiary/aromatic N) is 1. The summed E-state index contributed by atoms with van der Waals surface area (Å²) in [6, 6.07) is 3.56. The van der Waals surface area contributed by atoms with Crippen molar-refractivity contribution in [3.8, 4) is 5.88 Å². The highest BCUT2D eigenvalue weighted by atomic mass is 16.5. The van der Waals surface area contributed by atoms with E-state index < -0.39 is 0 Å². The van der Waals surface area contributed by atoms with Gasteiger partial charge in [0.15, 0.2) is 0 Å². The van der Waals surface area contributed by atoms with Gasteiger partial charge in [-0.05, 0) is 18.6 Å². The molecule has 0 radical (unpaired) electrons. The van der Waals surface area contributed by atoms with Crippen LogP contribution in [0.15, 0.2) is 18.3 Å². The van der Waals surface area contributed by atoms with Crippen molar-refractivity contribution in [1.82, 2.24) is 10.3 Å². The molecule has 1 aliphatic heterocycles. The molecule has 0 aromatic carbocycles. The van der Waals surface area contributed by atoms with Crippen molar-refractivity contribution in [2.45, 2.75) is 18.9 Å². The van der Waals surface area contributed by atoms with Crippen molar-refractivity contribution in [3.05, 3.63) is 18.3 Å². The molecule has 1 aliphatic rings. The number of ether oxygens (including phenoxy) is 1. The van der Waals surface area contributed by atoms with Gasteiger partial charge in [0.1, 0.15) is 6.61 Å². The average molecular weight is 207 g/mol. The molecule has 1 amide bonds. The molecule has 0 bridgehead atoms. The van der Waals surface area contributed by atoms with Gasteiger partial charge in [-0.3, -0.25) is 4.79 Å². The predicted octanol–water partition coefficient (Wildman–Crippen LogP) is 0.321. The van der Waals surface area contributed by atoms with Crippen LogP contribution in [0.5, 0.6) is 5.88 Å². The van der Waals surface area contributed by atoms with Gasteiger partial charge in [0.25, 0.3) is 0 Å². The summed E-state index contributed by atoms with van der Waals surface area (Å²) < 4.78 is 5.42. The standard InChI is InChI=1S/C10H13N3O2/c11-8-2-1-5-12-10(8)15-6-7-3-4-9(14)13-7/h1-2,5,7H,3-4,6,11H2,(H,13,14). The molecule has 1 unspecified atom stereocenters. The van der Waals surface area contributed by atoms with Gasteiger partial charge in [-0.15, -0.1) is 0 Å². The third-order valence-electron chi connectivity index (χ3n) is 2.31. The van der Waals surface area contributed by atoms with Gasteiger partial charge < -0.3 is 15.8 Å². The minimum atomic E-state index is 0.0811. The van der Waals surface area contributed by atoms with Crippen molar-refractivity contribution in [2.24, 2.45) is 0 Å². The van der Waals surface area contributed by atoms with Gasteiger partial charge in [-0.2, -0.15) is 0 Å². The van der Waals surface area contributed by atoms with Gasteiger partial charge in [0, 0.05) is 12.6 Å². The zero-order valence-electron chi connectivity index (χ0n) is 8.27. The number of nitrogens with one attached hydrogen (secondary N) is 1. The predicted molar refractivity (Wildman–Crippen MR) is 55.3 cm³/mol. The molecule has 0 saturated carbocycles. The highest BCUT2D eigenvalue weighted by Crippen LogP contribution is 2.17. The second-order valence-electron chi connectivity index (χ2n) is 3.51. The van der Waals surface area contributed by atoms with Gasteiger partial charge in [0.2, 0.25) is 11.8 Å². The number of amides is 1. The quantitative estimate of drug-likeness (QED) is 0.748. The smallest absolute Gasteiger partial charge is 0.237 e. The summed E-state index contributed by atoms with van der Waals surface area (Å²) in [6.07, 6.45) is 3.01. The number of hydrogen-bond donors (Lipinski definition) is 2. The van der Waals surface area contributed by atoms with Crippen LogP contribution in [0, 0.1) is 0 Å². The lowest BCUT2D eigenvalue weighted by atomic mass is 10.2. The third-order valence-corrected chi connectivity index (χ3v) is 2.31. The van der Waals surface area contributed by atoms with Gasteiger partial charge >= 0.3 is 0 Å². The molecule has 1 atom stereocenters. The number of rotatable bonds is 3. The summed E-state index contributed by atoms with van der Waals surface area (Å²) in [5.74, 6) is 0.510. The van der Waals surface area contributed by atoms with Crippen LogP contribution >= 0.6 is 0 Å². The molecule has 0 aliphatic carbocycles. The first-order chi connectivity index (χ1) is 7.25. The number of pyridine rings is 1. The summed E-state index contributed by atoms with van der Waals surface area (Å²) in [6.45, 7) is 0.424. The number of carbonyl (C=O) groups is 1. The monoisotopic (exact) mass is 207 g/mol. The maximum Gasteiger partial charge on any atom is 0.237 e. The number of aromatic nitrogens is 1. The molecular weight excluding hydrogens is 194 g/mol. The topological polar surface area (TPSA) is 77.2 Å². The lowest BCUT2D eigenvalue weighted by molar-refractivity contribution is -0.119. The number of anilines is 1. The summed E-state index contributed by atoms with van der Waals surface area (Å²) >= 11 is 0. The Hall–Kier alpha value is -1.78. The van der Waals surface area contributed by atoms with E-state index in [1.54, 1.807) is 18.3 Å². The van der Waals surface area contributed by atoms with Crippen LogP contribution in [0.25, 0.3) is 0 Å². The highest BCUT2D eigenvalue weighted by Gasteiger charge is 2.21. The first-order valence-electron chi connectivity index (χ1n) is 4.88. The Morgan fingerprint density at radius 1 is 1.67 bits per heavy atom. The summed E-state index contributed by atoms with van der Waals surface area (Å²) in [7, 11) is 0. The minimum absolute atomic E-state index is 0.0811. The molecule has 1 aromatic rings. The first kappa shape index (κ1) is 9.76. The fourth-order valence-corrected chi connectivity index (χ4v) is 1.51. The van der Waals surface area contributed by atoms with E-state index in [4.69, 9.17) is 10.5 Å². The molecule has 5 nitrogen and oxygen atoms in total. The maximum absolute atomic E-state index is 10.9. The van der Waals surface area contributed by atoms with Crippen molar-refractivity contribution in [3.63, 3.8) is 0 Å². The fraction of sp³-hybridized carbons (Fsp3) is 0.400. The summed E-state index contributed by atoms with van der Waals surface area (Å²) in [5.41, 5.74) is 6.17. The molecule has 3 N–H and O–H groups in total. The number of hydrogen-bond acceptors (Lipinski definition) is 4. The van der Waals surface area contributed by atoms with Crippen LogP contribution in [0.2, 0.25) is 0 Å². The maximum atomic E-state index is 10.9. The van der Waals surface area contributed by atoms with Crippen molar-refractivity contribution in [2.75, 3.05) is 12.3 Å². The molecule has 15 heavy (non-hydrogen) atoms. The molecule has 1 aromatic heterocycles. The van der Waals surface area contributed by atoms with Crippen LogP contribution in [-0.4, -0.2) is 23.5 Å². The Bertz CT molecular complexity index is 367. The van der Waals surface area contributed by atoms with Crippen molar-refractivity contribution in [1.29, 1.82) is 0 Å². The van der Waals surface area contributed by atoms with E-state index in [0.29, 0.717) is 24.6 Å². The Morgan fingerprint density at radius 3 is 3.20 bits per heavy atom. The lowest BCUT2D eigenvalue weighted by Gasteiger charge is -2.11. The highest BCUT2D eigenvalue weighted by molar-refractivity contribution is 5.78. The van der Waals surface area contributed by atoms with Crippen LogP contribution in [0.1, 0.15) is 12.8 Å². The van der Waals surface area contributed by atoms with Gasteiger partial charge in [-0.25, -0.2) is 4.98 Å². The number of nitrogen functional groups attached to an aromatic ring is 1. The summed E-state index contributed by atoms with van der Waals surface area (Å²) in [4.78, 5) is 14.9.